The van der Waals surface area contributed by atoms with Gasteiger partial charge in [0.2, 0.25) is 0 Å². The fourth-order valence-corrected chi connectivity index (χ4v) is 2.88. The maximum atomic E-state index is 13.0. The van der Waals surface area contributed by atoms with E-state index in [-0.39, 0.29) is 5.82 Å². The summed E-state index contributed by atoms with van der Waals surface area (Å²) < 4.78 is 17.8. The number of hydrogen-bond acceptors (Lipinski definition) is 3. The Morgan fingerprint density at radius 3 is 2.75 bits per heavy atom. The highest BCUT2D eigenvalue weighted by atomic mass is 32.2. The SMILES string of the molecule is N#CC1(Sc2cccc(F)c2)CCOCC1. The highest BCUT2D eigenvalue weighted by Gasteiger charge is 2.33. The van der Waals surface area contributed by atoms with Crippen LogP contribution in [0.3, 0.4) is 0 Å². The van der Waals surface area contributed by atoms with Gasteiger partial charge in [0.1, 0.15) is 10.6 Å². The molecule has 1 aliphatic heterocycles. The maximum absolute atomic E-state index is 13.0. The molecule has 0 amide bonds. The number of ether oxygens (including phenoxy) is 1. The normalized spacial score (nSPS) is 19.0. The Kier molecular flexibility index (Phi) is 3.47. The highest BCUT2D eigenvalue weighted by molar-refractivity contribution is 8.01. The zero-order chi connectivity index (χ0) is 11.4. The molecule has 84 valence electrons. The number of nitrogens with zero attached hydrogens (tertiary/aromatic N) is 1. The molecule has 0 aliphatic carbocycles. The molecule has 1 aliphatic rings. The van der Waals surface area contributed by atoms with Crippen molar-refractivity contribution in [3.05, 3.63) is 30.1 Å². The van der Waals surface area contributed by atoms with Crippen molar-refractivity contribution < 1.29 is 9.13 Å². The first kappa shape index (κ1) is 11.4. The van der Waals surface area contributed by atoms with E-state index in [0.29, 0.717) is 26.1 Å². The van der Waals surface area contributed by atoms with Crippen LogP contribution in [0, 0.1) is 17.1 Å². The third-order valence-corrected chi connectivity index (χ3v) is 3.99. The van der Waals surface area contributed by atoms with E-state index in [0.717, 1.165) is 4.90 Å². The highest BCUT2D eigenvalue weighted by Crippen LogP contribution is 2.39. The lowest BCUT2D eigenvalue weighted by molar-refractivity contribution is 0.0886. The fraction of sp³-hybridized carbons (Fsp3) is 0.417. The van der Waals surface area contributed by atoms with E-state index in [2.05, 4.69) is 6.07 Å². The Balaban J connectivity index is 2.15. The molecule has 1 aromatic carbocycles. The van der Waals surface area contributed by atoms with Gasteiger partial charge < -0.3 is 4.74 Å². The van der Waals surface area contributed by atoms with Gasteiger partial charge in [-0.2, -0.15) is 5.26 Å². The molecular weight excluding hydrogens is 225 g/mol. The van der Waals surface area contributed by atoms with Gasteiger partial charge in [0.05, 0.1) is 6.07 Å². The molecule has 0 N–H and O–H groups in total. The number of nitriles is 1. The second kappa shape index (κ2) is 4.86. The summed E-state index contributed by atoms with van der Waals surface area (Å²) in [6.07, 6.45) is 1.40. The molecule has 4 heteroatoms. The van der Waals surface area contributed by atoms with Gasteiger partial charge in [-0.15, -0.1) is 11.8 Å². The van der Waals surface area contributed by atoms with Crippen LogP contribution in [0.1, 0.15) is 12.8 Å². The van der Waals surface area contributed by atoms with Crippen LogP contribution in [-0.4, -0.2) is 18.0 Å². The van der Waals surface area contributed by atoms with E-state index in [1.165, 1.54) is 23.9 Å². The lowest BCUT2D eigenvalue weighted by Gasteiger charge is -2.29. The largest absolute Gasteiger partial charge is 0.381 e. The van der Waals surface area contributed by atoms with Crippen molar-refractivity contribution >= 4 is 11.8 Å². The molecule has 0 unspecified atom stereocenters. The van der Waals surface area contributed by atoms with Gasteiger partial charge in [-0.1, -0.05) is 6.07 Å². The predicted octanol–water partition coefficient (Wildman–Crippen LogP) is 2.99. The minimum atomic E-state index is -0.452. The Hall–Kier alpha value is -1.05. The van der Waals surface area contributed by atoms with Gasteiger partial charge in [-0.05, 0) is 31.0 Å². The van der Waals surface area contributed by atoms with E-state index < -0.39 is 4.75 Å². The summed E-state index contributed by atoms with van der Waals surface area (Å²) in [6.45, 7) is 1.21. The molecule has 0 saturated carbocycles. The van der Waals surface area contributed by atoms with E-state index in [4.69, 9.17) is 4.74 Å². The van der Waals surface area contributed by atoms with Crippen LogP contribution >= 0.6 is 11.8 Å². The summed E-state index contributed by atoms with van der Waals surface area (Å²) in [7, 11) is 0. The zero-order valence-electron chi connectivity index (χ0n) is 8.78. The van der Waals surface area contributed by atoms with Crippen LogP contribution in [0.2, 0.25) is 0 Å². The van der Waals surface area contributed by atoms with Gasteiger partial charge in [-0.3, -0.25) is 0 Å². The van der Waals surface area contributed by atoms with Crippen LogP contribution in [0.15, 0.2) is 29.2 Å². The lowest BCUT2D eigenvalue weighted by atomic mass is 10.0. The number of halogens is 1. The molecule has 0 atom stereocenters. The van der Waals surface area contributed by atoms with Gasteiger partial charge >= 0.3 is 0 Å². The average molecular weight is 237 g/mol. The van der Waals surface area contributed by atoms with Gasteiger partial charge in [-0.25, -0.2) is 4.39 Å². The monoisotopic (exact) mass is 237 g/mol. The molecule has 0 bridgehead atoms. The lowest BCUT2D eigenvalue weighted by Crippen LogP contribution is -2.31. The Bertz CT molecular complexity index is 410. The third-order valence-electron chi connectivity index (χ3n) is 2.61. The van der Waals surface area contributed by atoms with Crippen LogP contribution in [-0.2, 0) is 4.74 Å². The third kappa shape index (κ3) is 2.55. The Morgan fingerprint density at radius 2 is 2.12 bits per heavy atom. The molecule has 1 heterocycles. The van der Waals surface area contributed by atoms with Crippen molar-refractivity contribution in [1.82, 2.24) is 0 Å². The van der Waals surface area contributed by atoms with E-state index in [1.807, 2.05) is 6.07 Å². The summed E-state index contributed by atoms with van der Waals surface area (Å²) in [5.41, 5.74) is 0. The van der Waals surface area contributed by atoms with Gasteiger partial charge in [0.25, 0.3) is 0 Å². The first-order valence-corrected chi connectivity index (χ1v) is 5.99. The van der Waals surface area contributed by atoms with Crippen molar-refractivity contribution in [2.75, 3.05) is 13.2 Å². The first-order valence-electron chi connectivity index (χ1n) is 5.18. The molecule has 1 fully saturated rings. The quantitative estimate of drug-likeness (QED) is 0.792. The second-order valence-corrected chi connectivity index (χ2v) is 5.23. The average Bonchev–Trinajstić information content (AvgIpc) is 2.30. The summed E-state index contributed by atoms with van der Waals surface area (Å²) in [5.74, 6) is -0.259. The molecule has 16 heavy (non-hydrogen) atoms. The van der Waals surface area contributed by atoms with Crippen LogP contribution in [0.4, 0.5) is 4.39 Å². The summed E-state index contributed by atoms with van der Waals surface area (Å²) in [6, 6.07) is 8.73. The minimum absolute atomic E-state index is 0.259. The molecule has 0 spiro atoms. The van der Waals surface area contributed by atoms with Crippen LogP contribution in [0.25, 0.3) is 0 Å². The molecule has 1 saturated heterocycles. The number of thioether (sulfide) groups is 1. The molecule has 1 aromatic rings. The smallest absolute Gasteiger partial charge is 0.124 e. The van der Waals surface area contributed by atoms with E-state index in [1.54, 1.807) is 6.07 Å². The Morgan fingerprint density at radius 1 is 1.38 bits per heavy atom. The summed E-state index contributed by atoms with van der Waals surface area (Å²) >= 11 is 1.45. The predicted molar refractivity (Wildman–Crippen MR) is 60.7 cm³/mol. The van der Waals surface area contributed by atoms with Crippen molar-refractivity contribution in [3.63, 3.8) is 0 Å². The molecule has 0 aromatic heterocycles. The number of hydrogen-bond donors (Lipinski definition) is 0. The van der Waals surface area contributed by atoms with Crippen LogP contribution in [0.5, 0.6) is 0 Å². The first-order chi connectivity index (χ1) is 7.74. The molecular formula is C12H12FNOS. The standard InChI is InChI=1S/C12H12FNOS/c13-10-2-1-3-11(8-10)16-12(9-14)4-6-15-7-5-12/h1-3,8H,4-7H2. The van der Waals surface area contributed by atoms with E-state index in [9.17, 15) is 9.65 Å². The van der Waals surface area contributed by atoms with Gasteiger partial charge in [0.15, 0.2) is 0 Å². The molecule has 2 rings (SSSR count). The van der Waals surface area contributed by atoms with Crippen molar-refractivity contribution in [3.8, 4) is 6.07 Å². The van der Waals surface area contributed by atoms with Crippen molar-refractivity contribution in [2.24, 2.45) is 0 Å². The topological polar surface area (TPSA) is 33.0 Å². The Labute approximate surface area is 98.4 Å². The van der Waals surface area contributed by atoms with Gasteiger partial charge in [0, 0.05) is 18.1 Å². The van der Waals surface area contributed by atoms with E-state index >= 15 is 0 Å². The van der Waals surface area contributed by atoms with Crippen molar-refractivity contribution in [1.29, 1.82) is 5.26 Å². The maximum Gasteiger partial charge on any atom is 0.124 e. The fourth-order valence-electron chi connectivity index (χ4n) is 1.69. The second-order valence-electron chi connectivity index (χ2n) is 3.78. The zero-order valence-corrected chi connectivity index (χ0v) is 9.60. The van der Waals surface area contributed by atoms with Crippen molar-refractivity contribution in [2.45, 2.75) is 22.5 Å². The number of rotatable bonds is 2. The molecule has 0 radical (unpaired) electrons. The number of benzene rings is 1. The molecule has 2 nitrogen and oxygen atoms in total. The summed E-state index contributed by atoms with van der Waals surface area (Å²) in [4.78, 5) is 0.809. The van der Waals surface area contributed by atoms with Crippen LogP contribution < -0.4 is 0 Å². The summed E-state index contributed by atoms with van der Waals surface area (Å²) in [5, 5.41) is 9.25. The minimum Gasteiger partial charge on any atom is -0.381 e.